The van der Waals surface area contributed by atoms with Crippen molar-refractivity contribution in [3.05, 3.63) is 163 Å². The van der Waals surface area contributed by atoms with Gasteiger partial charge >= 0.3 is 0 Å². The zero-order valence-corrected chi connectivity index (χ0v) is 28.9. The molecule has 48 heavy (non-hydrogen) atoms. The summed E-state index contributed by atoms with van der Waals surface area (Å²) in [6, 6.07) is 36.5. The van der Waals surface area contributed by atoms with E-state index in [2.05, 4.69) is 139 Å². The molecule has 2 aliphatic carbocycles. The second-order valence-electron chi connectivity index (χ2n) is 14.0. The smallest absolute Gasteiger partial charge is 0.143 e. The molecule has 0 unspecified atom stereocenters. The average molecular weight is 635 g/mol. The number of aryl methyl sites for hydroxylation is 6. The normalized spacial score (nSPS) is 13.1. The van der Waals surface area contributed by atoms with Crippen LogP contribution in [-0.2, 0) is 0 Å². The summed E-state index contributed by atoms with van der Waals surface area (Å²) >= 11 is 1.93. The Kier molecular flexibility index (Phi) is 5.63. The quantitative estimate of drug-likeness (QED) is 0.184. The van der Waals surface area contributed by atoms with Crippen molar-refractivity contribution in [3.63, 3.8) is 0 Å². The lowest BCUT2D eigenvalue weighted by Crippen LogP contribution is -2.11. The number of benzene rings is 6. The number of hydrogen-bond acceptors (Lipinski definition) is 2. The summed E-state index contributed by atoms with van der Waals surface area (Å²) in [7, 11) is 0. The van der Waals surface area contributed by atoms with Crippen LogP contribution in [0.5, 0.6) is 0 Å². The molecule has 2 heterocycles. The predicted octanol–water partition coefficient (Wildman–Crippen LogP) is 11.1. The Labute approximate surface area is 284 Å². The summed E-state index contributed by atoms with van der Waals surface area (Å²) in [6.45, 7) is 13.5. The standard InChI is InChI=1S/C46H34OS/c1-23-15-25(3)39(26(4)16-23)41-33-19-30-22-36-34(20-29(30)21-35(33)45-43(41)31-11-7-9-13-37(31)47-45)42(40-27(5)17-24(2)18-28(40)6)44-32-12-8-10-14-38(32)48-46(36)44/h7-22H,1-6H3. The van der Waals surface area contributed by atoms with Crippen LogP contribution < -0.4 is 10.4 Å². The summed E-state index contributed by atoms with van der Waals surface area (Å²) < 4.78 is 8.08. The van der Waals surface area contributed by atoms with Gasteiger partial charge in [-0.15, -0.1) is 11.3 Å². The zero-order chi connectivity index (χ0) is 32.6. The van der Waals surface area contributed by atoms with E-state index in [1.807, 2.05) is 11.3 Å². The van der Waals surface area contributed by atoms with Gasteiger partial charge in [-0.2, -0.15) is 0 Å². The minimum absolute atomic E-state index is 0.944. The van der Waals surface area contributed by atoms with Gasteiger partial charge in [-0.3, -0.25) is 0 Å². The largest absolute Gasteiger partial charge is 0.455 e. The maximum Gasteiger partial charge on any atom is 0.143 e. The Balaban J connectivity index is 1.36. The first-order valence-electron chi connectivity index (χ1n) is 16.8. The third-order valence-corrected chi connectivity index (χ3v) is 11.9. The Morgan fingerprint density at radius 2 is 1.00 bits per heavy atom. The minimum Gasteiger partial charge on any atom is -0.455 e. The highest BCUT2D eigenvalue weighted by molar-refractivity contribution is 7.22. The third kappa shape index (κ3) is 3.67. The number of hydrogen-bond donors (Lipinski definition) is 0. The van der Waals surface area contributed by atoms with Gasteiger partial charge in [0.1, 0.15) is 11.3 Å². The fourth-order valence-corrected chi connectivity index (χ4v) is 10.3. The van der Waals surface area contributed by atoms with E-state index in [1.165, 1.54) is 119 Å². The van der Waals surface area contributed by atoms with E-state index in [0.717, 1.165) is 11.3 Å². The van der Waals surface area contributed by atoms with Crippen molar-refractivity contribution < 1.29 is 4.42 Å². The van der Waals surface area contributed by atoms with Crippen molar-refractivity contribution >= 4 is 54.3 Å². The van der Waals surface area contributed by atoms with Crippen molar-refractivity contribution in [2.75, 3.05) is 0 Å². The summed E-state index contributed by atoms with van der Waals surface area (Å²) in [4.78, 5) is 1.38. The molecule has 0 amide bonds. The Morgan fingerprint density at radius 1 is 0.479 bits per heavy atom. The molecule has 0 aliphatic heterocycles. The molecule has 10 rings (SSSR count). The van der Waals surface area contributed by atoms with E-state index >= 15 is 0 Å². The second-order valence-corrected chi connectivity index (χ2v) is 15.1. The molecule has 0 atom stereocenters. The third-order valence-electron chi connectivity index (χ3n) is 10.7. The highest BCUT2D eigenvalue weighted by atomic mass is 32.1. The molecule has 2 heteroatoms. The van der Waals surface area contributed by atoms with Crippen molar-refractivity contribution in [1.82, 2.24) is 0 Å². The van der Waals surface area contributed by atoms with Crippen LogP contribution in [0.1, 0.15) is 55.6 Å². The number of thiophene rings is 1. The fourth-order valence-electron chi connectivity index (χ4n) is 9.04. The minimum atomic E-state index is 0.944. The molecular formula is C46H34OS. The van der Waals surface area contributed by atoms with Crippen LogP contribution in [0.2, 0.25) is 0 Å². The van der Waals surface area contributed by atoms with E-state index in [4.69, 9.17) is 4.42 Å². The van der Waals surface area contributed by atoms with E-state index in [9.17, 15) is 0 Å². The number of fused-ring (bicyclic) bond motifs is 11. The lowest BCUT2D eigenvalue weighted by atomic mass is 9.89. The van der Waals surface area contributed by atoms with Gasteiger partial charge in [-0.1, -0.05) is 71.8 Å². The maximum atomic E-state index is 6.73. The molecule has 6 aromatic carbocycles. The first-order valence-corrected chi connectivity index (χ1v) is 17.7. The van der Waals surface area contributed by atoms with E-state index in [-0.39, 0.29) is 0 Å². The molecule has 0 radical (unpaired) electrons. The van der Waals surface area contributed by atoms with Crippen molar-refractivity contribution in [3.8, 4) is 21.8 Å². The molecule has 0 saturated carbocycles. The van der Waals surface area contributed by atoms with Crippen LogP contribution in [0.4, 0.5) is 0 Å². The SMILES string of the molecule is Cc1cc(C)c(C2=c3cc4cc5c(cc4cc3-c3oc4ccccc4c32)=C(c2c(C)cc(C)cc2C)c2c-5sc3ccccc23)c(C)c1. The van der Waals surface area contributed by atoms with Gasteiger partial charge in [-0.05, 0) is 138 Å². The van der Waals surface area contributed by atoms with Gasteiger partial charge < -0.3 is 4.42 Å². The first kappa shape index (κ1) is 27.9. The summed E-state index contributed by atoms with van der Waals surface area (Å²) in [5.74, 6) is 0.988. The molecule has 2 aromatic heterocycles. The average Bonchev–Trinajstić information content (AvgIpc) is 3.76. The molecular weight excluding hydrogens is 601 g/mol. The van der Waals surface area contributed by atoms with Crippen molar-refractivity contribution in [2.45, 2.75) is 41.5 Å². The molecule has 0 spiro atoms. The van der Waals surface area contributed by atoms with Gasteiger partial charge in [0.05, 0.1) is 0 Å². The van der Waals surface area contributed by atoms with Gasteiger partial charge in [0.2, 0.25) is 0 Å². The molecule has 230 valence electrons. The summed E-state index contributed by atoms with van der Waals surface area (Å²) in [5.41, 5.74) is 19.3. The molecule has 0 saturated heterocycles. The van der Waals surface area contributed by atoms with Gasteiger partial charge in [0.15, 0.2) is 0 Å². The Hall–Kier alpha value is -5.18. The topological polar surface area (TPSA) is 13.1 Å². The van der Waals surface area contributed by atoms with E-state index in [1.54, 1.807) is 0 Å². The maximum absolute atomic E-state index is 6.73. The fraction of sp³-hybridized carbons (Fsp3) is 0.130. The number of rotatable bonds is 2. The van der Waals surface area contributed by atoms with Crippen LogP contribution in [0.3, 0.4) is 0 Å². The monoisotopic (exact) mass is 634 g/mol. The lowest BCUT2D eigenvalue weighted by molar-refractivity contribution is 0.631. The van der Waals surface area contributed by atoms with Gasteiger partial charge in [-0.25, -0.2) is 0 Å². The predicted molar refractivity (Wildman–Crippen MR) is 204 cm³/mol. The Bertz CT molecular complexity index is 2640. The lowest BCUT2D eigenvalue weighted by Gasteiger charge is -2.14. The molecule has 1 nitrogen and oxygen atoms in total. The first-order chi connectivity index (χ1) is 23.3. The van der Waals surface area contributed by atoms with Crippen molar-refractivity contribution in [1.29, 1.82) is 0 Å². The summed E-state index contributed by atoms with van der Waals surface area (Å²) in [5, 5.41) is 7.64. The van der Waals surface area contributed by atoms with Crippen LogP contribution in [0.25, 0.3) is 64.7 Å². The van der Waals surface area contributed by atoms with Crippen LogP contribution in [0, 0.1) is 41.5 Å². The Morgan fingerprint density at radius 3 is 1.65 bits per heavy atom. The van der Waals surface area contributed by atoms with E-state index in [0.29, 0.717) is 0 Å². The highest BCUT2D eigenvalue weighted by Gasteiger charge is 2.32. The van der Waals surface area contributed by atoms with Crippen LogP contribution in [0.15, 0.2) is 101 Å². The molecule has 8 aromatic rings. The molecule has 2 aliphatic rings. The van der Waals surface area contributed by atoms with Crippen molar-refractivity contribution in [2.24, 2.45) is 0 Å². The highest BCUT2D eigenvalue weighted by Crippen LogP contribution is 2.49. The van der Waals surface area contributed by atoms with Gasteiger partial charge in [0.25, 0.3) is 0 Å². The van der Waals surface area contributed by atoms with Crippen LogP contribution in [-0.4, -0.2) is 0 Å². The zero-order valence-electron chi connectivity index (χ0n) is 28.1. The molecule has 0 N–H and O–H groups in total. The molecule has 0 fully saturated rings. The summed E-state index contributed by atoms with van der Waals surface area (Å²) in [6.07, 6.45) is 0. The molecule has 0 bridgehead atoms. The van der Waals surface area contributed by atoms with E-state index < -0.39 is 0 Å². The number of para-hydroxylation sites is 1. The van der Waals surface area contributed by atoms with Crippen LogP contribution >= 0.6 is 11.3 Å². The van der Waals surface area contributed by atoms with Gasteiger partial charge in [0, 0.05) is 48.2 Å². The number of furan rings is 1. The second kappa shape index (κ2) is 9.69.